The molecule has 6 nitrogen and oxygen atoms in total. The molecule has 2 heterocycles. The van der Waals surface area contributed by atoms with Crippen LogP contribution < -0.4 is 9.46 Å². The fourth-order valence-electron chi connectivity index (χ4n) is 2.47. The van der Waals surface area contributed by atoms with Crippen LogP contribution in [-0.2, 0) is 11.0 Å². The number of hydrogen-bond acceptors (Lipinski definition) is 6. The summed E-state index contributed by atoms with van der Waals surface area (Å²) in [6.07, 6.45) is 3.23. The van der Waals surface area contributed by atoms with Crippen LogP contribution in [0, 0.1) is 18.3 Å². The molecule has 0 amide bonds. The molecular weight excluding hydrogens is 388 g/mol. The van der Waals surface area contributed by atoms with Gasteiger partial charge in [-0.2, -0.15) is 17.0 Å². The molecule has 0 aliphatic rings. The third-order valence-electron chi connectivity index (χ3n) is 3.67. The number of nitrogens with zero attached hydrogens (tertiary/aromatic N) is 2. The first-order valence-electron chi connectivity index (χ1n) is 7.99. The molecule has 26 heavy (non-hydrogen) atoms. The summed E-state index contributed by atoms with van der Waals surface area (Å²) in [6, 6.07) is 5.93. The maximum Gasteiger partial charge on any atom is 0.274 e. The van der Waals surface area contributed by atoms with E-state index in [9.17, 15) is 9.47 Å². The van der Waals surface area contributed by atoms with Gasteiger partial charge in [0.15, 0.2) is 11.0 Å². The quantitative estimate of drug-likeness (QED) is 0.550. The molecule has 1 unspecified atom stereocenters. The normalized spacial score (nSPS) is 12.0. The van der Waals surface area contributed by atoms with Gasteiger partial charge in [0.25, 0.3) is 5.19 Å². The number of rotatable bonds is 8. The molecule has 2 aromatic heterocycles. The monoisotopic (exact) mass is 406 g/mol. The van der Waals surface area contributed by atoms with E-state index >= 15 is 0 Å². The molecule has 0 spiro atoms. The van der Waals surface area contributed by atoms with Crippen LogP contribution in [0.15, 0.2) is 28.7 Å². The molecule has 0 aliphatic carbocycles. The average Bonchev–Trinajstić information content (AvgIpc) is 3.28. The minimum atomic E-state index is -1.46. The second-order valence-electron chi connectivity index (χ2n) is 5.36. The SMILES string of the molecule is CCSCCOc1ncc(S(=O)Nc2ccc(C)c3c(C#N)c[nH]c23)s1. The van der Waals surface area contributed by atoms with E-state index in [2.05, 4.69) is 27.7 Å². The average molecular weight is 407 g/mol. The number of nitriles is 1. The number of nitrogens with one attached hydrogen (secondary N) is 2. The molecule has 1 aromatic carbocycles. The largest absolute Gasteiger partial charge is 0.469 e. The molecule has 0 bridgehead atoms. The highest BCUT2D eigenvalue weighted by molar-refractivity contribution is 7.99. The number of fused-ring (bicyclic) bond motifs is 1. The predicted octanol–water partition coefficient (Wildman–Crippen LogP) is 4.07. The lowest BCUT2D eigenvalue weighted by Gasteiger charge is -2.07. The Morgan fingerprint density at radius 1 is 1.50 bits per heavy atom. The van der Waals surface area contributed by atoms with Crippen LogP contribution in [0.3, 0.4) is 0 Å². The highest BCUT2D eigenvalue weighted by atomic mass is 32.2. The van der Waals surface area contributed by atoms with Crippen molar-refractivity contribution in [3.8, 4) is 11.3 Å². The van der Waals surface area contributed by atoms with Crippen LogP contribution in [0.2, 0.25) is 0 Å². The molecule has 9 heteroatoms. The molecule has 0 saturated carbocycles. The second kappa shape index (κ2) is 8.58. The zero-order chi connectivity index (χ0) is 18.5. The lowest BCUT2D eigenvalue weighted by atomic mass is 10.1. The van der Waals surface area contributed by atoms with E-state index in [1.165, 1.54) is 11.3 Å². The number of benzene rings is 1. The van der Waals surface area contributed by atoms with Crippen LogP contribution >= 0.6 is 23.1 Å². The standard InChI is InChI=1S/C17H18N4O2S3/c1-3-24-7-6-23-17-20-10-14(25-17)26(22)21-13-5-4-11(2)15-12(8-18)9-19-16(13)15/h4-5,9-10,19,21H,3,6-7H2,1-2H3. The van der Waals surface area contributed by atoms with E-state index in [-0.39, 0.29) is 0 Å². The minimum Gasteiger partial charge on any atom is -0.469 e. The first-order chi connectivity index (χ1) is 12.6. The number of thioether (sulfide) groups is 1. The molecule has 3 rings (SSSR count). The van der Waals surface area contributed by atoms with Crippen molar-refractivity contribution in [2.24, 2.45) is 0 Å². The van der Waals surface area contributed by atoms with Gasteiger partial charge in [-0.05, 0) is 24.3 Å². The van der Waals surface area contributed by atoms with Crippen molar-refractivity contribution in [3.05, 3.63) is 35.7 Å². The number of thiazole rings is 1. The number of aryl methyl sites for hydroxylation is 1. The molecule has 0 aliphatic heterocycles. The lowest BCUT2D eigenvalue weighted by molar-refractivity contribution is 0.342. The first kappa shape index (κ1) is 18.8. The van der Waals surface area contributed by atoms with Gasteiger partial charge in [-0.25, -0.2) is 9.19 Å². The Morgan fingerprint density at radius 3 is 3.12 bits per heavy atom. The van der Waals surface area contributed by atoms with Gasteiger partial charge in [0.2, 0.25) is 0 Å². The zero-order valence-corrected chi connectivity index (χ0v) is 16.8. The highest BCUT2D eigenvalue weighted by Crippen LogP contribution is 2.30. The fraction of sp³-hybridized carbons (Fsp3) is 0.294. The topological polar surface area (TPSA) is 90.8 Å². The van der Waals surface area contributed by atoms with Gasteiger partial charge in [-0.3, -0.25) is 4.72 Å². The molecule has 3 aromatic rings. The maximum atomic E-state index is 12.6. The fourth-order valence-corrected chi connectivity index (χ4v) is 4.75. The van der Waals surface area contributed by atoms with Crippen molar-refractivity contribution in [2.45, 2.75) is 18.1 Å². The van der Waals surface area contributed by atoms with Gasteiger partial charge in [-0.1, -0.05) is 24.3 Å². The third-order valence-corrected chi connectivity index (χ3v) is 6.82. The van der Waals surface area contributed by atoms with E-state index in [0.29, 0.717) is 27.3 Å². The van der Waals surface area contributed by atoms with Crippen LogP contribution in [0.25, 0.3) is 10.9 Å². The molecule has 0 fully saturated rings. The number of H-pyrrole nitrogens is 1. The van der Waals surface area contributed by atoms with Crippen molar-refractivity contribution >= 4 is 50.7 Å². The Kier molecular flexibility index (Phi) is 6.19. The summed E-state index contributed by atoms with van der Waals surface area (Å²) in [5.41, 5.74) is 3.02. The molecule has 136 valence electrons. The number of aromatic amines is 1. The summed E-state index contributed by atoms with van der Waals surface area (Å²) in [4.78, 5) is 7.27. The van der Waals surface area contributed by atoms with Crippen molar-refractivity contribution in [3.63, 3.8) is 0 Å². The molecule has 1 atom stereocenters. The van der Waals surface area contributed by atoms with Gasteiger partial charge < -0.3 is 9.72 Å². The summed E-state index contributed by atoms with van der Waals surface area (Å²) >= 11 is 3.07. The third kappa shape index (κ3) is 4.03. The van der Waals surface area contributed by atoms with Crippen LogP contribution in [0.4, 0.5) is 5.69 Å². The summed E-state index contributed by atoms with van der Waals surface area (Å²) in [6.45, 7) is 4.64. The first-order valence-corrected chi connectivity index (χ1v) is 11.1. The minimum absolute atomic E-state index is 0.521. The molecule has 0 saturated heterocycles. The van der Waals surface area contributed by atoms with E-state index in [0.717, 1.165) is 28.0 Å². The molecule has 0 radical (unpaired) electrons. The van der Waals surface area contributed by atoms with Gasteiger partial charge in [0.1, 0.15) is 10.3 Å². The second-order valence-corrected chi connectivity index (χ2v) is 9.18. The summed E-state index contributed by atoms with van der Waals surface area (Å²) in [5, 5.41) is 10.6. The Bertz CT molecular complexity index is 974. The Hall–Kier alpha value is -2.02. The van der Waals surface area contributed by atoms with Crippen LogP contribution in [0.1, 0.15) is 18.1 Å². The molecule has 2 N–H and O–H groups in total. The van der Waals surface area contributed by atoms with Gasteiger partial charge in [0.05, 0.1) is 29.6 Å². The maximum absolute atomic E-state index is 12.6. The number of ether oxygens (including phenoxy) is 1. The number of anilines is 1. The highest BCUT2D eigenvalue weighted by Gasteiger charge is 2.14. The van der Waals surface area contributed by atoms with Gasteiger partial charge >= 0.3 is 0 Å². The molecular formula is C17H18N4O2S3. The number of hydrogen-bond donors (Lipinski definition) is 2. The Labute approximate surface area is 162 Å². The summed E-state index contributed by atoms with van der Waals surface area (Å²) in [7, 11) is -1.46. The van der Waals surface area contributed by atoms with Gasteiger partial charge in [-0.15, -0.1) is 0 Å². The van der Waals surface area contributed by atoms with E-state index < -0.39 is 11.0 Å². The van der Waals surface area contributed by atoms with Crippen molar-refractivity contribution in [1.82, 2.24) is 9.97 Å². The predicted molar refractivity (Wildman–Crippen MR) is 108 cm³/mol. The van der Waals surface area contributed by atoms with E-state index in [4.69, 9.17) is 4.74 Å². The van der Waals surface area contributed by atoms with Crippen molar-refractivity contribution < 1.29 is 8.95 Å². The zero-order valence-electron chi connectivity index (χ0n) is 14.4. The summed E-state index contributed by atoms with van der Waals surface area (Å²) < 4.78 is 21.8. The van der Waals surface area contributed by atoms with Crippen molar-refractivity contribution in [1.29, 1.82) is 5.26 Å². The van der Waals surface area contributed by atoms with Gasteiger partial charge in [0, 0.05) is 17.3 Å². The van der Waals surface area contributed by atoms with E-state index in [1.807, 2.05) is 19.1 Å². The van der Waals surface area contributed by atoms with Crippen LogP contribution in [0.5, 0.6) is 5.19 Å². The smallest absolute Gasteiger partial charge is 0.274 e. The summed E-state index contributed by atoms with van der Waals surface area (Å²) in [5.74, 6) is 1.96. The van der Waals surface area contributed by atoms with E-state index in [1.54, 1.807) is 24.2 Å². The van der Waals surface area contributed by atoms with Crippen molar-refractivity contribution in [2.75, 3.05) is 22.8 Å². The van der Waals surface area contributed by atoms with Crippen LogP contribution in [-0.4, -0.2) is 32.3 Å². The number of aromatic nitrogens is 2. The Balaban J connectivity index is 1.74. The lowest BCUT2D eigenvalue weighted by Crippen LogP contribution is -2.03. The Morgan fingerprint density at radius 2 is 2.35 bits per heavy atom.